The summed E-state index contributed by atoms with van der Waals surface area (Å²) in [5.41, 5.74) is 4.21. The quantitative estimate of drug-likeness (QED) is 0.522. The van der Waals surface area contributed by atoms with Crippen LogP contribution in [-0.2, 0) is 0 Å². The fourth-order valence-electron chi connectivity index (χ4n) is 4.24. The van der Waals surface area contributed by atoms with Crippen molar-refractivity contribution in [1.82, 2.24) is 24.5 Å². The maximum atomic E-state index is 13.3. The van der Waals surface area contributed by atoms with E-state index in [2.05, 4.69) is 10.2 Å². The lowest BCUT2D eigenvalue weighted by Gasteiger charge is -2.32. The lowest BCUT2D eigenvalue weighted by atomic mass is 9.96. The van der Waals surface area contributed by atoms with Crippen molar-refractivity contribution in [3.63, 3.8) is 0 Å². The average Bonchev–Trinajstić information content (AvgIpc) is 3.23. The number of rotatable bonds is 3. The number of hydrogen-bond donors (Lipinski definition) is 0. The van der Waals surface area contributed by atoms with E-state index in [1.54, 1.807) is 0 Å². The first-order valence-electron chi connectivity index (χ1n) is 10.3. The van der Waals surface area contributed by atoms with Gasteiger partial charge in [0, 0.05) is 30.8 Å². The number of nitrogens with zero attached hydrogens (tertiary/aromatic N) is 5. The lowest BCUT2D eigenvalue weighted by Crippen LogP contribution is -2.40. The van der Waals surface area contributed by atoms with Gasteiger partial charge in [-0.15, -0.1) is 10.2 Å². The molecule has 1 aromatic carbocycles. The van der Waals surface area contributed by atoms with Crippen LogP contribution in [-0.4, -0.2) is 43.5 Å². The Morgan fingerprint density at radius 1 is 1.00 bits per heavy atom. The summed E-state index contributed by atoms with van der Waals surface area (Å²) in [6.45, 7) is 3.31. The van der Waals surface area contributed by atoms with Crippen molar-refractivity contribution in [2.24, 2.45) is 0 Å². The number of pyridine rings is 2. The molecule has 30 heavy (non-hydrogen) atoms. The molecule has 1 aliphatic heterocycles. The topological polar surface area (TPSA) is 63.4 Å². The Morgan fingerprint density at radius 2 is 1.83 bits per heavy atom. The van der Waals surface area contributed by atoms with E-state index >= 15 is 0 Å². The van der Waals surface area contributed by atoms with Gasteiger partial charge in [0.25, 0.3) is 5.91 Å². The Hall–Kier alpha value is -3.54. The van der Waals surface area contributed by atoms with E-state index in [-0.39, 0.29) is 11.8 Å². The van der Waals surface area contributed by atoms with E-state index in [1.165, 1.54) is 0 Å². The maximum Gasteiger partial charge on any atom is 0.255 e. The zero-order chi connectivity index (χ0) is 20.5. The molecule has 1 amide bonds. The van der Waals surface area contributed by atoms with Crippen molar-refractivity contribution in [1.29, 1.82) is 0 Å². The second-order valence-corrected chi connectivity index (χ2v) is 7.77. The second kappa shape index (κ2) is 7.71. The standard InChI is InChI=1S/C24H23N5O/c1-17-20(12-13-21(25-17)18-8-3-2-4-9-18)24(30)28-14-7-10-19(16-28)23-27-26-22-11-5-6-15-29(22)23/h2-6,8-9,11-13,15,19H,7,10,14,16H2,1H3. The van der Waals surface area contributed by atoms with Crippen LogP contribution in [0.4, 0.5) is 0 Å². The second-order valence-electron chi connectivity index (χ2n) is 7.77. The molecule has 0 saturated carbocycles. The highest BCUT2D eigenvalue weighted by atomic mass is 16.2. The van der Waals surface area contributed by atoms with E-state index in [9.17, 15) is 4.79 Å². The van der Waals surface area contributed by atoms with E-state index in [0.717, 1.165) is 47.8 Å². The minimum absolute atomic E-state index is 0.0399. The normalized spacial score (nSPS) is 16.7. The number of piperidine rings is 1. The minimum atomic E-state index is 0.0399. The summed E-state index contributed by atoms with van der Waals surface area (Å²) in [6.07, 6.45) is 3.94. The van der Waals surface area contributed by atoms with Gasteiger partial charge in [0.1, 0.15) is 5.82 Å². The largest absolute Gasteiger partial charge is 0.338 e. The predicted molar refractivity (Wildman–Crippen MR) is 115 cm³/mol. The van der Waals surface area contributed by atoms with Crippen LogP contribution < -0.4 is 0 Å². The number of amides is 1. The van der Waals surface area contributed by atoms with Crippen LogP contribution >= 0.6 is 0 Å². The molecule has 6 heteroatoms. The fraction of sp³-hybridized carbons (Fsp3) is 0.250. The van der Waals surface area contributed by atoms with Crippen LogP contribution in [0.3, 0.4) is 0 Å². The van der Waals surface area contributed by atoms with Crippen molar-refractivity contribution in [3.8, 4) is 11.3 Å². The molecule has 1 fully saturated rings. The van der Waals surface area contributed by atoms with Gasteiger partial charge in [0.2, 0.25) is 0 Å². The fourth-order valence-corrected chi connectivity index (χ4v) is 4.24. The summed E-state index contributed by atoms with van der Waals surface area (Å²) in [4.78, 5) is 19.9. The van der Waals surface area contributed by atoms with Crippen molar-refractivity contribution in [2.45, 2.75) is 25.7 Å². The van der Waals surface area contributed by atoms with Crippen molar-refractivity contribution in [3.05, 3.63) is 83.9 Å². The van der Waals surface area contributed by atoms with E-state index in [4.69, 9.17) is 4.98 Å². The summed E-state index contributed by atoms with van der Waals surface area (Å²) < 4.78 is 2.03. The molecule has 150 valence electrons. The zero-order valence-electron chi connectivity index (χ0n) is 16.9. The first-order chi connectivity index (χ1) is 14.7. The molecule has 0 spiro atoms. The molecule has 0 radical (unpaired) electrons. The summed E-state index contributed by atoms with van der Waals surface area (Å²) in [7, 11) is 0. The third kappa shape index (κ3) is 3.34. The van der Waals surface area contributed by atoms with Crippen LogP contribution in [0, 0.1) is 6.92 Å². The Labute approximate surface area is 175 Å². The summed E-state index contributed by atoms with van der Waals surface area (Å²) in [5.74, 6) is 1.15. The number of likely N-dealkylation sites (tertiary alicyclic amines) is 1. The molecule has 1 atom stereocenters. The highest BCUT2D eigenvalue weighted by Crippen LogP contribution is 2.28. The average molecular weight is 397 g/mol. The molecule has 0 bridgehead atoms. The molecular formula is C24H23N5O. The number of aryl methyl sites for hydroxylation is 1. The van der Waals surface area contributed by atoms with Crippen molar-refractivity contribution >= 4 is 11.6 Å². The van der Waals surface area contributed by atoms with Gasteiger partial charge >= 0.3 is 0 Å². The maximum absolute atomic E-state index is 13.3. The third-order valence-electron chi connectivity index (χ3n) is 5.80. The number of aromatic nitrogens is 4. The van der Waals surface area contributed by atoms with Crippen LogP contribution in [0.25, 0.3) is 16.9 Å². The van der Waals surface area contributed by atoms with Crippen LogP contribution in [0.15, 0.2) is 66.9 Å². The number of benzene rings is 1. The lowest BCUT2D eigenvalue weighted by molar-refractivity contribution is 0.0703. The SMILES string of the molecule is Cc1nc(-c2ccccc2)ccc1C(=O)N1CCCC(c2nnc3ccccn23)C1. The molecule has 0 N–H and O–H groups in total. The van der Waals surface area contributed by atoms with Crippen molar-refractivity contribution < 1.29 is 4.79 Å². The van der Waals surface area contributed by atoms with Gasteiger partial charge < -0.3 is 4.90 Å². The summed E-state index contributed by atoms with van der Waals surface area (Å²) >= 11 is 0. The molecule has 5 rings (SSSR count). The van der Waals surface area contributed by atoms with Crippen LogP contribution in [0.1, 0.15) is 40.6 Å². The molecule has 4 aromatic rings. The molecule has 4 heterocycles. The van der Waals surface area contributed by atoms with Gasteiger partial charge in [-0.25, -0.2) is 0 Å². The van der Waals surface area contributed by atoms with Crippen molar-refractivity contribution in [2.75, 3.05) is 13.1 Å². The van der Waals surface area contributed by atoms with Gasteiger partial charge in [-0.3, -0.25) is 14.2 Å². The third-order valence-corrected chi connectivity index (χ3v) is 5.80. The molecule has 3 aromatic heterocycles. The van der Waals surface area contributed by atoms with Gasteiger partial charge in [0.15, 0.2) is 5.65 Å². The molecule has 1 saturated heterocycles. The number of fused-ring (bicyclic) bond motifs is 1. The molecule has 1 aliphatic rings. The first-order valence-corrected chi connectivity index (χ1v) is 10.3. The first kappa shape index (κ1) is 18.5. The molecule has 0 aliphatic carbocycles. The Kier molecular flexibility index (Phi) is 4.75. The smallest absolute Gasteiger partial charge is 0.255 e. The van der Waals surface area contributed by atoms with Crippen LogP contribution in [0.2, 0.25) is 0 Å². The Morgan fingerprint density at radius 3 is 2.67 bits per heavy atom. The monoisotopic (exact) mass is 397 g/mol. The molecular weight excluding hydrogens is 374 g/mol. The van der Waals surface area contributed by atoms with E-state index < -0.39 is 0 Å². The molecule has 1 unspecified atom stereocenters. The number of carbonyl (C=O) groups excluding carboxylic acids is 1. The number of carbonyl (C=O) groups is 1. The van der Waals surface area contributed by atoms with Gasteiger partial charge in [0.05, 0.1) is 17.0 Å². The van der Waals surface area contributed by atoms with E-state index in [1.807, 2.05) is 83.1 Å². The highest BCUT2D eigenvalue weighted by Gasteiger charge is 2.29. The zero-order valence-corrected chi connectivity index (χ0v) is 16.9. The minimum Gasteiger partial charge on any atom is -0.338 e. The van der Waals surface area contributed by atoms with E-state index in [0.29, 0.717) is 12.1 Å². The van der Waals surface area contributed by atoms with Gasteiger partial charge in [-0.05, 0) is 44.0 Å². The summed E-state index contributed by atoms with van der Waals surface area (Å²) in [6, 6.07) is 19.8. The van der Waals surface area contributed by atoms with Crippen LogP contribution in [0.5, 0.6) is 0 Å². The van der Waals surface area contributed by atoms with Gasteiger partial charge in [-0.2, -0.15) is 0 Å². The predicted octanol–water partition coefficient (Wildman–Crippen LogP) is 4.12. The summed E-state index contributed by atoms with van der Waals surface area (Å²) in [5, 5.41) is 8.68. The Balaban J connectivity index is 1.38. The highest BCUT2D eigenvalue weighted by molar-refractivity contribution is 5.95. The van der Waals surface area contributed by atoms with Gasteiger partial charge in [-0.1, -0.05) is 36.4 Å². The number of hydrogen-bond acceptors (Lipinski definition) is 4. The Bertz CT molecular complexity index is 1200. The molecule has 6 nitrogen and oxygen atoms in total.